The zero-order valence-corrected chi connectivity index (χ0v) is 9.97. The summed E-state index contributed by atoms with van der Waals surface area (Å²) in [4.78, 5) is 30.3. The second-order valence-electron chi connectivity index (χ2n) is 4.70. The maximum absolute atomic E-state index is 11.7. The molecule has 1 rings (SSSR count). The first-order valence-corrected chi connectivity index (χ1v) is 5.12. The summed E-state index contributed by atoms with van der Waals surface area (Å²) < 4.78 is 0. The van der Waals surface area contributed by atoms with E-state index in [4.69, 9.17) is 5.11 Å². The average molecular weight is 237 g/mol. The number of rotatable bonds is 3. The molecule has 0 aliphatic rings. The van der Waals surface area contributed by atoms with E-state index in [0.29, 0.717) is 0 Å². The largest absolute Gasteiger partial charge is 0.480 e. The van der Waals surface area contributed by atoms with Gasteiger partial charge in [0.25, 0.3) is 5.91 Å². The third kappa shape index (κ3) is 3.51. The molecule has 0 aliphatic carbocycles. The molecule has 1 aromatic heterocycles. The third-order valence-corrected chi connectivity index (χ3v) is 2.18. The van der Waals surface area contributed by atoms with E-state index >= 15 is 0 Å². The Kier molecular flexibility index (Phi) is 3.77. The molecule has 0 bridgehead atoms. The van der Waals surface area contributed by atoms with Crippen molar-refractivity contribution in [2.45, 2.75) is 26.8 Å². The van der Waals surface area contributed by atoms with Crippen LogP contribution >= 0.6 is 0 Å². The van der Waals surface area contributed by atoms with Gasteiger partial charge in [0.2, 0.25) is 0 Å². The van der Waals surface area contributed by atoms with Crippen molar-refractivity contribution in [2.75, 3.05) is 0 Å². The van der Waals surface area contributed by atoms with Gasteiger partial charge >= 0.3 is 5.97 Å². The second kappa shape index (κ2) is 4.90. The highest BCUT2D eigenvalue weighted by molar-refractivity contribution is 5.94. The van der Waals surface area contributed by atoms with Crippen LogP contribution in [0.5, 0.6) is 0 Å². The van der Waals surface area contributed by atoms with Crippen molar-refractivity contribution >= 4 is 11.9 Å². The minimum absolute atomic E-state index is 0.100. The predicted molar refractivity (Wildman–Crippen MR) is 60.4 cm³/mol. The van der Waals surface area contributed by atoms with Gasteiger partial charge in [-0.25, -0.2) is 9.78 Å². The summed E-state index contributed by atoms with van der Waals surface area (Å²) >= 11 is 0. The minimum Gasteiger partial charge on any atom is -0.480 e. The number of carbonyl (C=O) groups is 2. The Labute approximate surface area is 99.1 Å². The standard InChI is InChI=1S/C11H15N3O3/c1-11(2,3)8(10(16)17)14-9(15)7-6-12-4-5-13-7/h4-6,8H,1-3H3,(H,14,15)(H,16,17)/t8-/m1/s1. The fourth-order valence-corrected chi connectivity index (χ4v) is 1.27. The van der Waals surface area contributed by atoms with Gasteiger partial charge in [0, 0.05) is 12.4 Å². The predicted octanol–water partition coefficient (Wildman–Crippen LogP) is 0.706. The van der Waals surface area contributed by atoms with Gasteiger partial charge in [0.05, 0.1) is 6.20 Å². The molecule has 2 N–H and O–H groups in total. The fraction of sp³-hybridized carbons (Fsp3) is 0.455. The summed E-state index contributed by atoms with van der Waals surface area (Å²) in [6.45, 7) is 5.22. The SMILES string of the molecule is CC(C)(C)[C@H](NC(=O)c1cnccn1)C(=O)O. The lowest BCUT2D eigenvalue weighted by atomic mass is 9.86. The quantitative estimate of drug-likeness (QED) is 0.807. The van der Waals surface area contributed by atoms with E-state index in [-0.39, 0.29) is 5.69 Å². The molecule has 0 aromatic carbocycles. The molecule has 0 saturated carbocycles. The summed E-state index contributed by atoms with van der Waals surface area (Å²) in [5.41, 5.74) is -0.480. The van der Waals surface area contributed by atoms with Gasteiger partial charge in [0.1, 0.15) is 11.7 Å². The topological polar surface area (TPSA) is 92.2 Å². The Hall–Kier alpha value is -1.98. The molecule has 0 unspecified atom stereocenters. The number of aliphatic carboxylic acids is 1. The number of carbonyl (C=O) groups excluding carboxylic acids is 1. The van der Waals surface area contributed by atoms with Crippen molar-refractivity contribution in [1.29, 1.82) is 0 Å². The summed E-state index contributed by atoms with van der Waals surface area (Å²) in [6.07, 6.45) is 4.11. The van der Waals surface area contributed by atoms with Crippen molar-refractivity contribution in [3.05, 3.63) is 24.3 Å². The number of nitrogens with one attached hydrogen (secondary N) is 1. The molecule has 1 aromatic rings. The Morgan fingerprint density at radius 2 is 2.00 bits per heavy atom. The van der Waals surface area contributed by atoms with Gasteiger partial charge in [-0.1, -0.05) is 20.8 Å². The van der Waals surface area contributed by atoms with Crippen LogP contribution in [0, 0.1) is 5.41 Å². The number of hydrogen-bond acceptors (Lipinski definition) is 4. The first kappa shape index (κ1) is 13.1. The number of nitrogens with zero attached hydrogens (tertiary/aromatic N) is 2. The highest BCUT2D eigenvalue weighted by Crippen LogP contribution is 2.19. The maximum atomic E-state index is 11.7. The van der Waals surface area contributed by atoms with Crippen molar-refractivity contribution < 1.29 is 14.7 Å². The number of hydrogen-bond donors (Lipinski definition) is 2. The van der Waals surface area contributed by atoms with Crippen molar-refractivity contribution in [2.24, 2.45) is 5.41 Å². The monoisotopic (exact) mass is 237 g/mol. The molecule has 0 radical (unpaired) electrons. The van der Waals surface area contributed by atoms with Gasteiger partial charge in [0.15, 0.2) is 0 Å². The van der Waals surface area contributed by atoms with E-state index < -0.39 is 23.3 Å². The van der Waals surface area contributed by atoms with E-state index in [1.54, 1.807) is 20.8 Å². The van der Waals surface area contributed by atoms with Crippen LogP contribution in [0.15, 0.2) is 18.6 Å². The van der Waals surface area contributed by atoms with Crippen LogP contribution in [0.25, 0.3) is 0 Å². The molecule has 6 heteroatoms. The lowest BCUT2D eigenvalue weighted by molar-refractivity contribution is -0.142. The maximum Gasteiger partial charge on any atom is 0.326 e. The summed E-state index contributed by atoms with van der Waals surface area (Å²) in [6, 6.07) is -0.975. The minimum atomic E-state index is -1.07. The molecule has 1 heterocycles. The van der Waals surface area contributed by atoms with Gasteiger partial charge in [-0.3, -0.25) is 9.78 Å². The molecule has 17 heavy (non-hydrogen) atoms. The number of carboxylic acids is 1. The Bertz CT molecular complexity index is 412. The van der Waals surface area contributed by atoms with Gasteiger partial charge in [-0.05, 0) is 5.41 Å². The summed E-state index contributed by atoms with van der Waals surface area (Å²) in [5, 5.41) is 11.5. The normalized spacial score (nSPS) is 12.9. The fourth-order valence-electron chi connectivity index (χ4n) is 1.27. The van der Waals surface area contributed by atoms with E-state index in [0.717, 1.165) is 0 Å². The molecular weight excluding hydrogens is 222 g/mol. The van der Waals surface area contributed by atoms with Gasteiger partial charge < -0.3 is 10.4 Å². The van der Waals surface area contributed by atoms with E-state index in [9.17, 15) is 9.59 Å². The molecule has 0 saturated heterocycles. The van der Waals surface area contributed by atoms with Crippen LogP contribution in [0.1, 0.15) is 31.3 Å². The Balaban J connectivity index is 2.83. The average Bonchev–Trinajstić information content (AvgIpc) is 2.24. The lowest BCUT2D eigenvalue weighted by Crippen LogP contribution is -2.49. The van der Waals surface area contributed by atoms with E-state index in [1.165, 1.54) is 18.6 Å². The van der Waals surface area contributed by atoms with Crippen molar-refractivity contribution in [1.82, 2.24) is 15.3 Å². The highest BCUT2D eigenvalue weighted by atomic mass is 16.4. The van der Waals surface area contributed by atoms with Crippen LogP contribution < -0.4 is 5.32 Å². The molecule has 0 fully saturated rings. The molecule has 6 nitrogen and oxygen atoms in total. The summed E-state index contributed by atoms with van der Waals surface area (Å²) in [5.74, 6) is -1.62. The Morgan fingerprint density at radius 3 is 2.41 bits per heavy atom. The second-order valence-corrected chi connectivity index (χ2v) is 4.70. The van der Waals surface area contributed by atoms with Gasteiger partial charge in [-0.2, -0.15) is 0 Å². The highest BCUT2D eigenvalue weighted by Gasteiger charge is 2.33. The number of carboxylic acid groups (broad SMARTS) is 1. The van der Waals surface area contributed by atoms with Crippen molar-refractivity contribution in [3.63, 3.8) is 0 Å². The first-order chi connectivity index (χ1) is 7.82. The first-order valence-electron chi connectivity index (χ1n) is 5.12. The molecule has 1 amide bonds. The van der Waals surface area contributed by atoms with E-state index in [1.807, 2.05) is 0 Å². The molecule has 0 aliphatic heterocycles. The number of amides is 1. The molecule has 1 atom stereocenters. The number of aromatic nitrogens is 2. The van der Waals surface area contributed by atoms with Crippen LogP contribution in [-0.4, -0.2) is 33.0 Å². The van der Waals surface area contributed by atoms with Crippen molar-refractivity contribution in [3.8, 4) is 0 Å². The molecule has 0 spiro atoms. The van der Waals surface area contributed by atoms with E-state index in [2.05, 4.69) is 15.3 Å². The molecular formula is C11H15N3O3. The van der Waals surface area contributed by atoms with Crippen LogP contribution in [0.4, 0.5) is 0 Å². The lowest BCUT2D eigenvalue weighted by Gasteiger charge is -2.27. The van der Waals surface area contributed by atoms with Gasteiger partial charge in [-0.15, -0.1) is 0 Å². The third-order valence-electron chi connectivity index (χ3n) is 2.18. The smallest absolute Gasteiger partial charge is 0.326 e. The van der Waals surface area contributed by atoms with Crippen LogP contribution in [-0.2, 0) is 4.79 Å². The Morgan fingerprint density at radius 1 is 1.35 bits per heavy atom. The van der Waals surface area contributed by atoms with Crippen LogP contribution in [0.2, 0.25) is 0 Å². The summed E-state index contributed by atoms with van der Waals surface area (Å²) in [7, 11) is 0. The zero-order valence-electron chi connectivity index (χ0n) is 9.97. The van der Waals surface area contributed by atoms with Crippen LogP contribution in [0.3, 0.4) is 0 Å². The molecule has 92 valence electrons. The zero-order chi connectivity index (χ0) is 13.1.